The largest absolute Gasteiger partial charge is 0.472 e. The highest BCUT2D eigenvalue weighted by Crippen LogP contribution is 2.45. The van der Waals surface area contributed by atoms with Crippen LogP contribution in [-0.4, -0.2) is 95.9 Å². The molecule has 0 saturated carbocycles. The van der Waals surface area contributed by atoms with E-state index in [-0.39, 0.29) is 19.3 Å². The lowest BCUT2D eigenvalue weighted by molar-refractivity contribution is -0.161. The molecule has 688 valence electrons. The van der Waals surface area contributed by atoms with Crippen molar-refractivity contribution in [1.82, 2.24) is 0 Å². The summed E-state index contributed by atoms with van der Waals surface area (Å²) in [4.78, 5) is 59.0. The number of esters is 3. The molecule has 0 saturated heterocycles. The van der Waals surface area contributed by atoms with E-state index in [1.165, 1.54) is 231 Å². The topological polar surface area (TPSA) is 231 Å². The van der Waals surface area contributed by atoms with Gasteiger partial charge in [-0.3, -0.25) is 32.5 Å². The number of ether oxygens (including phenoxy) is 3. The zero-order valence-corrected chi connectivity index (χ0v) is 77.8. The lowest BCUT2D eigenvalue weighted by Gasteiger charge is -2.21. The lowest BCUT2D eigenvalue weighted by atomic mass is 10.0. The third kappa shape index (κ3) is 94.2. The van der Waals surface area contributed by atoms with Gasteiger partial charge in [0.2, 0.25) is 0 Å². The Kier molecular flexibility index (Phi) is 89.5. The Balaban J connectivity index is 4.46. The number of phosphoric ester groups is 2. The molecule has 0 aliphatic carbocycles. The fraction of sp³-hybridized carbons (Fsp3) is 0.752. The molecule has 0 spiro atoms. The Morgan fingerprint density at radius 3 is 0.706 bits per heavy atom. The molecule has 0 radical (unpaired) electrons. The number of allylic oxidation sites excluding steroid dienone is 22. The van der Waals surface area contributed by atoms with E-state index in [2.05, 4.69) is 154 Å². The van der Waals surface area contributed by atoms with Crippen LogP contribution in [0.2, 0.25) is 0 Å². The van der Waals surface area contributed by atoms with Gasteiger partial charge in [-0.25, -0.2) is 9.13 Å². The summed E-state index contributed by atoms with van der Waals surface area (Å²) < 4.78 is 61.5. The van der Waals surface area contributed by atoms with E-state index in [1.54, 1.807) is 0 Å². The van der Waals surface area contributed by atoms with Gasteiger partial charge in [-0.1, -0.05) is 405 Å². The summed E-state index contributed by atoms with van der Waals surface area (Å²) in [7, 11) is -9.81. The van der Waals surface area contributed by atoms with Crippen molar-refractivity contribution >= 4 is 33.6 Å². The van der Waals surface area contributed by atoms with Crippen LogP contribution in [0, 0.1) is 0 Å². The van der Waals surface area contributed by atoms with Crippen LogP contribution in [0.5, 0.6) is 0 Å². The van der Waals surface area contributed by atoms with E-state index in [4.69, 9.17) is 32.3 Å². The van der Waals surface area contributed by atoms with Crippen LogP contribution >= 0.6 is 15.6 Å². The number of hydrogen-bond acceptors (Lipinski definition) is 14. The highest BCUT2D eigenvalue weighted by molar-refractivity contribution is 7.47. The first-order chi connectivity index (χ1) is 58.2. The number of carbonyl (C=O) groups is 3. The maximum Gasteiger partial charge on any atom is 0.472 e. The van der Waals surface area contributed by atoms with Gasteiger partial charge in [0, 0.05) is 19.3 Å². The first-order valence-electron chi connectivity index (χ1n) is 48.5. The van der Waals surface area contributed by atoms with Crippen molar-refractivity contribution in [3.05, 3.63) is 134 Å². The van der Waals surface area contributed by atoms with Crippen molar-refractivity contribution in [2.45, 2.75) is 450 Å². The summed E-state index contributed by atoms with van der Waals surface area (Å²) in [6.07, 6.45) is 117. The molecule has 5 unspecified atom stereocenters. The van der Waals surface area contributed by atoms with Crippen LogP contribution in [0.1, 0.15) is 432 Å². The normalized spacial score (nSPS) is 14.3. The summed E-state index contributed by atoms with van der Waals surface area (Å²) in [5, 5.41) is 20.7. The van der Waals surface area contributed by atoms with Crippen molar-refractivity contribution < 1.29 is 75.8 Å². The summed E-state index contributed by atoms with van der Waals surface area (Å²) >= 11 is 0. The molecule has 0 aromatic carbocycles. The molecule has 0 bridgehead atoms. The molecule has 0 aromatic rings. The van der Waals surface area contributed by atoms with E-state index in [0.29, 0.717) is 19.3 Å². The van der Waals surface area contributed by atoms with Crippen molar-refractivity contribution in [2.24, 2.45) is 0 Å². The van der Waals surface area contributed by atoms with E-state index < -0.39 is 91.5 Å². The molecular weight excluding hydrogens is 1530 g/mol. The zero-order chi connectivity index (χ0) is 86.5. The predicted molar refractivity (Wildman–Crippen MR) is 500 cm³/mol. The minimum atomic E-state index is -4.94. The number of carbonyl (C=O) groups excluding carboxylic acids is 3. The van der Waals surface area contributed by atoms with Crippen molar-refractivity contribution in [3.63, 3.8) is 0 Å². The zero-order valence-electron chi connectivity index (χ0n) is 76.0. The molecule has 5 atom stereocenters. The second-order valence-electron chi connectivity index (χ2n) is 32.5. The lowest BCUT2D eigenvalue weighted by Crippen LogP contribution is -2.30. The fourth-order valence-corrected chi connectivity index (χ4v) is 15.1. The van der Waals surface area contributed by atoms with Crippen LogP contribution in [0.3, 0.4) is 0 Å². The van der Waals surface area contributed by atoms with Gasteiger partial charge in [0.15, 0.2) is 6.10 Å². The quantitative estimate of drug-likeness (QED) is 0.0146. The maximum absolute atomic E-state index is 13.1. The average molecular weight is 1710 g/mol. The molecule has 4 N–H and O–H groups in total. The Morgan fingerprint density at radius 1 is 0.244 bits per heavy atom. The second-order valence-corrected chi connectivity index (χ2v) is 35.4. The summed E-state index contributed by atoms with van der Waals surface area (Å²) in [6.45, 7) is 2.58. The summed E-state index contributed by atoms with van der Waals surface area (Å²) in [5.74, 6) is -1.57. The standard InChI is InChI=1S/C101H178O16P2/c1-4-7-10-13-16-19-22-25-28-31-33-35-37-39-41-43-45-47-49-51-53-55-57-59-61-64-66-69-72-75-78-81-84-87-99(104)111-90-96(102)91-113-118(107,108)114-92-97(103)93-115-119(109,110)116-95-98(117-101(106)89-86-83-80-77-74-71-68-63-30-27-24-21-18-15-12-9-6-3)94-112-100(105)88-85-82-79-76-73-70-67-65-62-60-58-56-54-52-50-48-46-44-42-40-38-36-34-32-29-26-23-20-17-14-11-8-5-2/h9,12,16-21,25-30,33-36,39-42,96-98,102-103H,4-8,10-11,13-15,22-24,31-32,37-38,43-95H2,1-3H3,(H,107,108)(H,109,110)/b12-9-,19-16-,20-17-,21-18-,28-25-,29-26-,30-27-,35-33-,36-34-,41-39-,42-40-. The molecule has 0 rings (SSSR count). The Labute approximate surface area is 728 Å². The van der Waals surface area contributed by atoms with Gasteiger partial charge in [0.25, 0.3) is 0 Å². The number of hydrogen-bond donors (Lipinski definition) is 4. The van der Waals surface area contributed by atoms with Gasteiger partial charge in [-0.2, -0.15) is 0 Å². The van der Waals surface area contributed by atoms with Crippen LogP contribution in [-0.2, 0) is 55.8 Å². The summed E-state index contributed by atoms with van der Waals surface area (Å²) in [5.41, 5.74) is 0. The van der Waals surface area contributed by atoms with Crippen molar-refractivity contribution in [3.8, 4) is 0 Å². The van der Waals surface area contributed by atoms with E-state index in [9.17, 15) is 43.5 Å². The number of unbranched alkanes of at least 4 members (excludes halogenated alkanes) is 47. The number of aliphatic hydroxyl groups is 2. The number of aliphatic hydroxyl groups excluding tert-OH is 2. The Hall–Kier alpha value is -4.31. The molecule has 0 fully saturated rings. The monoisotopic (exact) mass is 1710 g/mol. The number of rotatable bonds is 92. The van der Waals surface area contributed by atoms with Crippen molar-refractivity contribution in [2.75, 3.05) is 39.6 Å². The fourth-order valence-electron chi connectivity index (χ4n) is 13.5. The van der Waals surface area contributed by atoms with Crippen molar-refractivity contribution in [1.29, 1.82) is 0 Å². The SMILES string of the molecule is CC/C=C\C/C=C\C/C=C\CCCCCCCCCC(=O)OC(COC(=O)CCCCCCCCCCCCCCCCCCC/C=C\C/C=C\C/C=C\C/C=C\CCCCC)COP(=O)(O)OCC(O)COP(=O)(O)OCC(O)COC(=O)CCCCCCCCCCCCCCCCCCC/C=C\C/C=C\C/C=C\C/C=C\CCCCC. The maximum atomic E-state index is 13.1. The molecule has 0 heterocycles. The van der Waals surface area contributed by atoms with Gasteiger partial charge in [0.1, 0.15) is 25.4 Å². The minimum Gasteiger partial charge on any atom is -0.463 e. The van der Waals surface area contributed by atoms with Gasteiger partial charge < -0.3 is 34.2 Å². The molecule has 0 aliphatic heterocycles. The summed E-state index contributed by atoms with van der Waals surface area (Å²) in [6, 6.07) is 0. The Morgan fingerprint density at radius 2 is 0.445 bits per heavy atom. The first kappa shape index (κ1) is 115. The van der Waals surface area contributed by atoms with Gasteiger partial charge >= 0.3 is 33.6 Å². The third-order valence-corrected chi connectivity index (χ3v) is 22.7. The number of phosphoric acid groups is 2. The smallest absolute Gasteiger partial charge is 0.463 e. The predicted octanol–water partition coefficient (Wildman–Crippen LogP) is 30.1. The van der Waals surface area contributed by atoms with Gasteiger partial charge in [-0.15, -0.1) is 0 Å². The highest BCUT2D eigenvalue weighted by Gasteiger charge is 2.30. The highest BCUT2D eigenvalue weighted by atomic mass is 31.2. The third-order valence-electron chi connectivity index (χ3n) is 20.8. The molecule has 18 heteroatoms. The van der Waals surface area contributed by atoms with E-state index in [0.717, 1.165) is 141 Å². The second kappa shape index (κ2) is 92.9. The molecule has 119 heavy (non-hydrogen) atoms. The molecule has 0 aromatic heterocycles. The van der Waals surface area contributed by atoms with E-state index in [1.807, 2.05) is 0 Å². The van der Waals surface area contributed by atoms with Crippen LogP contribution in [0.25, 0.3) is 0 Å². The van der Waals surface area contributed by atoms with Gasteiger partial charge in [0.05, 0.1) is 26.4 Å². The molecule has 16 nitrogen and oxygen atoms in total. The van der Waals surface area contributed by atoms with Gasteiger partial charge in [-0.05, 0) is 141 Å². The molecule has 0 aliphatic rings. The minimum absolute atomic E-state index is 0.0935. The van der Waals surface area contributed by atoms with Crippen LogP contribution in [0.15, 0.2) is 134 Å². The van der Waals surface area contributed by atoms with Crippen LogP contribution < -0.4 is 0 Å². The van der Waals surface area contributed by atoms with E-state index >= 15 is 0 Å². The first-order valence-corrected chi connectivity index (χ1v) is 51.5. The Bertz CT molecular complexity index is 2690. The average Bonchev–Trinajstić information content (AvgIpc) is 0.903. The molecule has 0 amide bonds. The van der Waals surface area contributed by atoms with Crippen LogP contribution in [0.4, 0.5) is 0 Å². The molecular formula is C101H178O16P2.